The van der Waals surface area contributed by atoms with E-state index >= 15 is 0 Å². The van der Waals surface area contributed by atoms with Gasteiger partial charge in [0.2, 0.25) is 0 Å². The third kappa shape index (κ3) is 2.60. The summed E-state index contributed by atoms with van der Waals surface area (Å²) in [6.07, 6.45) is 5.24. The van der Waals surface area contributed by atoms with Crippen LogP contribution < -0.4 is 5.73 Å². The van der Waals surface area contributed by atoms with Gasteiger partial charge in [0, 0.05) is 6.04 Å². The van der Waals surface area contributed by atoms with Crippen LogP contribution in [0.5, 0.6) is 0 Å². The summed E-state index contributed by atoms with van der Waals surface area (Å²) in [7, 11) is 0. The molecule has 0 bridgehead atoms. The zero-order chi connectivity index (χ0) is 15.0. The van der Waals surface area contributed by atoms with Crippen molar-refractivity contribution in [3.05, 3.63) is 47.5 Å². The Hall–Kier alpha value is -1.34. The molecule has 0 aliphatic heterocycles. The van der Waals surface area contributed by atoms with E-state index in [2.05, 4.69) is 57.2 Å². The Balaban J connectivity index is 2.09. The van der Waals surface area contributed by atoms with Gasteiger partial charge in [-0.25, -0.2) is 0 Å². The Morgan fingerprint density at radius 2 is 1.86 bits per heavy atom. The average molecular weight is 281 g/mol. The molecule has 0 spiro atoms. The topological polar surface area (TPSA) is 26.0 Å². The summed E-state index contributed by atoms with van der Waals surface area (Å²) in [6, 6.07) is 13.2. The molecule has 2 aromatic rings. The fraction of sp³-hybridized carbons (Fsp3) is 0.500. The maximum Gasteiger partial charge on any atom is 0.0337 e. The highest BCUT2D eigenvalue weighted by molar-refractivity contribution is 5.87. The predicted molar refractivity (Wildman–Crippen MR) is 91.4 cm³/mol. The van der Waals surface area contributed by atoms with Crippen molar-refractivity contribution in [2.75, 3.05) is 0 Å². The highest BCUT2D eigenvalue weighted by atomic mass is 14.7. The van der Waals surface area contributed by atoms with Crippen LogP contribution in [0.4, 0.5) is 0 Å². The Kier molecular flexibility index (Phi) is 3.79. The smallest absolute Gasteiger partial charge is 0.0337 e. The van der Waals surface area contributed by atoms with Gasteiger partial charge in [0.05, 0.1) is 0 Å². The van der Waals surface area contributed by atoms with Crippen LogP contribution in [0.2, 0.25) is 0 Å². The van der Waals surface area contributed by atoms with E-state index in [-0.39, 0.29) is 6.04 Å². The minimum atomic E-state index is 0.145. The lowest BCUT2D eigenvalue weighted by atomic mass is 9.64. The van der Waals surface area contributed by atoms with E-state index in [0.717, 1.165) is 0 Å². The SMILES string of the molecule is Cc1ccc2ccccc2c1C(N)C1CCCCC1(C)C. The molecule has 1 aliphatic carbocycles. The van der Waals surface area contributed by atoms with Crippen molar-refractivity contribution in [2.45, 2.75) is 52.5 Å². The van der Waals surface area contributed by atoms with E-state index in [0.29, 0.717) is 11.3 Å². The molecule has 3 rings (SSSR count). The van der Waals surface area contributed by atoms with Gasteiger partial charge in [0.15, 0.2) is 0 Å². The van der Waals surface area contributed by atoms with Gasteiger partial charge in [0.1, 0.15) is 0 Å². The molecule has 0 radical (unpaired) electrons. The summed E-state index contributed by atoms with van der Waals surface area (Å²) >= 11 is 0. The molecule has 2 N–H and O–H groups in total. The molecule has 2 atom stereocenters. The monoisotopic (exact) mass is 281 g/mol. The summed E-state index contributed by atoms with van der Waals surface area (Å²) in [6.45, 7) is 7.01. The number of rotatable bonds is 2. The Morgan fingerprint density at radius 3 is 2.62 bits per heavy atom. The first kappa shape index (κ1) is 14.6. The Bertz CT molecular complexity index is 641. The second-order valence-corrected chi connectivity index (χ2v) is 7.38. The van der Waals surface area contributed by atoms with Crippen LogP contribution in [0, 0.1) is 18.3 Å². The maximum absolute atomic E-state index is 6.81. The molecule has 0 saturated heterocycles. The van der Waals surface area contributed by atoms with Crippen molar-refractivity contribution in [2.24, 2.45) is 17.1 Å². The van der Waals surface area contributed by atoms with Gasteiger partial charge in [-0.2, -0.15) is 0 Å². The lowest BCUT2D eigenvalue weighted by Crippen LogP contribution is -2.36. The quantitative estimate of drug-likeness (QED) is 0.787. The number of nitrogens with two attached hydrogens (primary N) is 1. The molecule has 21 heavy (non-hydrogen) atoms. The largest absolute Gasteiger partial charge is 0.324 e. The Morgan fingerprint density at radius 1 is 1.10 bits per heavy atom. The first-order valence-corrected chi connectivity index (χ1v) is 8.24. The van der Waals surface area contributed by atoms with Crippen molar-refractivity contribution in [3.63, 3.8) is 0 Å². The summed E-state index contributed by atoms with van der Waals surface area (Å²) in [5.74, 6) is 0.579. The van der Waals surface area contributed by atoms with Crippen LogP contribution in [0.1, 0.15) is 56.7 Å². The number of aryl methyl sites for hydroxylation is 1. The predicted octanol–water partition coefficient (Wildman–Crippen LogP) is 5.36. The molecular weight excluding hydrogens is 254 g/mol. The van der Waals surface area contributed by atoms with Gasteiger partial charge in [-0.15, -0.1) is 0 Å². The molecule has 1 saturated carbocycles. The lowest BCUT2D eigenvalue weighted by Gasteiger charge is -2.42. The van der Waals surface area contributed by atoms with Crippen LogP contribution >= 0.6 is 0 Å². The minimum absolute atomic E-state index is 0.145. The molecule has 1 heteroatoms. The van der Waals surface area contributed by atoms with Crippen LogP contribution in [0.25, 0.3) is 10.8 Å². The zero-order valence-electron chi connectivity index (χ0n) is 13.5. The third-order valence-corrected chi connectivity index (χ3v) is 5.55. The molecule has 1 fully saturated rings. The van der Waals surface area contributed by atoms with Gasteiger partial charge in [-0.3, -0.25) is 0 Å². The molecule has 112 valence electrons. The third-order valence-electron chi connectivity index (χ3n) is 5.55. The summed E-state index contributed by atoms with van der Waals surface area (Å²) in [5, 5.41) is 2.65. The molecule has 0 heterocycles. The molecule has 2 aromatic carbocycles. The number of fused-ring (bicyclic) bond motifs is 1. The van der Waals surface area contributed by atoms with Crippen LogP contribution in [0.3, 0.4) is 0 Å². The van der Waals surface area contributed by atoms with Crippen molar-refractivity contribution in [1.29, 1.82) is 0 Å². The van der Waals surface area contributed by atoms with E-state index in [4.69, 9.17) is 5.73 Å². The van der Waals surface area contributed by atoms with Crippen molar-refractivity contribution < 1.29 is 0 Å². The van der Waals surface area contributed by atoms with Gasteiger partial charge >= 0.3 is 0 Å². The number of hydrogen-bond acceptors (Lipinski definition) is 1. The molecular formula is C20H27N. The zero-order valence-corrected chi connectivity index (χ0v) is 13.5. The molecule has 1 nitrogen and oxygen atoms in total. The van der Waals surface area contributed by atoms with E-state index < -0.39 is 0 Å². The maximum atomic E-state index is 6.81. The summed E-state index contributed by atoms with van der Waals surface area (Å²) < 4.78 is 0. The molecule has 0 aromatic heterocycles. The van der Waals surface area contributed by atoms with Gasteiger partial charge in [-0.05, 0) is 53.0 Å². The second kappa shape index (κ2) is 5.46. The first-order chi connectivity index (χ1) is 10.0. The lowest BCUT2D eigenvalue weighted by molar-refractivity contribution is 0.113. The van der Waals surface area contributed by atoms with Gasteiger partial charge < -0.3 is 5.73 Å². The molecule has 0 amide bonds. The van der Waals surface area contributed by atoms with Gasteiger partial charge in [-0.1, -0.05) is 63.1 Å². The van der Waals surface area contributed by atoms with Gasteiger partial charge in [0.25, 0.3) is 0 Å². The van der Waals surface area contributed by atoms with E-state index in [1.807, 2.05) is 0 Å². The van der Waals surface area contributed by atoms with E-state index in [9.17, 15) is 0 Å². The van der Waals surface area contributed by atoms with Crippen LogP contribution in [-0.2, 0) is 0 Å². The van der Waals surface area contributed by atoms with E-state index in [1.54, 1.807) is 0 Å². The fourth-order valence-corrected chi connectivity index (χ4v) is 4.23. The summed E-state index contributed by atoms with van der Waals surface area (Å²) in [5.41, 5.74) is 9.86. The van der Waals surface area contributed by atoms with Crippen LogP contribution in [0.15, 0.2) is 36.4 Å². The Labute approximate surface area is 128 Å². The second-order valence-electron chi connectivity index (χ2n) is 7.38. The summed E-state index contributed by atoms with van der Waals surface area (Å²) in [4.78, 5) is 0. The number of hydrogen-bond donors (Lipinski definition) is 1. The standard InChI is InChI=1S/C20H27N/c1-14-11-12-15-8-4-5-9-16(15)18(14)19(21)17-10-6-7-13-20(17,2)3/h4-5,8-9,11-12,17,19H,6-7,10,13,21H2,1-3H3. The fourth-order valence-electron chi connectivity index (χ4n) is 4.23. The molecule has 1 aliphatic rings. The number of benzene rings is 2. The minimum Gasteiger partial charge on any atom is -0.324 e. The van der Waals surface area contributed by atoms with Crippen molar-refractivity contribution in [3.8, 4) is 0 Å². The van der Waals surface area contributed by atoms with Crippen molar-refractivity contribution in [1.82, 2.24) is 0 Å². The first-order valence-electron chi connectivity index (χ1n) is 8.24. The highest BCUT2D eigenvalue weighted by Crippen LogP contribution is 2.47. The molecule has 2 unspecified atom stereocenters. The highest BCUT2D eigenvalue weighted by Gasteiger charge is 2.37. The van der Waals surface area contributed by atoms with E-state index in [1.165, 1.54) is 47.6 Å². The normalized spacial score (nSPS) is 23.1. The average Bonchev–Trinajstić information content (AvgIpc) is 2.46. The van der Waals surface area contributed by atoms with Crippen molar-refractivity contribution >= 4 is 10.8 Å². The van der Waals surface area contributed by atoms with Crippen LogP contribution in [-0.4, -0.2) is 0 Å².